The summed E-state index contributed by atoms with van der Waals surface area (Å²) < 4.78 is 0. The maximum atomic E-state index is 4.65. The minimum atomic E-state index is 0.315. The number of rotatable bonds is 6. The number of aromatic nitrogens is 1. The van der Waals surface area contributed by atoms with Gasteiger partial charge in [-0.2, -0.15) is 11.3 Å². The van der Waals surface area contributed by atoms with Gasteiger partial charge >= 0.3 is 0 Å². The van der Waals surface area contributed by atoms with Gasteiger partial charge < -0.3 is 5.32 Å². The second-order valence-corrected chi connectivity index (χ2v) is 5.84. The highest BCUT2D eigenvalue weighted by Crippen LogP contribution is 2.21. The fraction of sp³-hybridized carbons (Fsp3) is 0.438. The highest BCUT2D eigenvalue weighted by Gasteiger charge is 2.15. The Hall–Kier alpha value is -1.19. The number of aryl methyl sites for hydroxylation is 2. The van der Waals surface area contributed by atoms with Crippen LogP contribution in [0.2, 0.25) is 0 Å². The zero-order valence-electron chi connectivity index (χ0n) is 11.9. The van der Waals surface area contributed by atoms with Crippen LogP contribution >= 0.6 is 11.3 Å². The van der Waals surface area contributed by atoms with Gasteiger partial charge in [-0.25, -0.2) is 0 Å². The predicted octanol–water partition coefficient (Wildman–Crippen LogP) is 4.04. The first-order chi connectivity index (χ1) is 9.20. The van der Waals surface area contributed by atoms with Crippen LogP contribution in [0.25, 0.3) is 0 Å². The van der Waals surface area contributed by atoms with Gasteiger partial charge in [0.25, 0.3) is 0 Å². The first kappa shape index (κ1) is 14.2. The van der Waals surface area contributed by atoms with E-state index in [2.05, 4.69) is 54.0 Å². The Labute approximate surface area is 119 Å². The Balaban J connectivity index is 2.20. The lowest BCUT2D eigenvalue weighted by Crippen LogP contribution is -2.25. The molecule has 2 nitrogen and oxygen atoms in total. The molecular formula is C16H22N2S. The van der Waals surface area contributed by atoms with E-state index >= 15 is 0 Å². The number of nitrogens with zero attached hydrogens (tertiary/aromatic N) is 1. The highest BCUT2D eigenvalue weighted by molar-refractivity contribution is 7.07. The predicted molar refractivity (Wildman–Crippen MR) is 82.8 cm³/mol. The van der Waals surface area contributed by atoms with Crippen molar-refractivity contribution >= 4 is 11.3 Å². The third-order valence-electron chi connectivity index (χ3n) is 3.25. The second kappa shape index (κ2) is 6.83. The summed E-state index contributed by atoms with van der Waals surface area (Å²) in [6.45, 7) is 7.48. The van der Waals surface area contributed by atoms with Gasteiger partial charge in [0, 0.05) is 6.20 Å². The number of hydrogen-bond acceptors (Lipinski definition) is 3. The third kappa shape index (κ3) is 3.88. The molecule has 1 unspecified atom stereocenters. The molecule has 2 aromatic heterocycles. The van der Waals surface area contributed by atoms with E-state index in [-0.39, 0.29) is 0 Å². The Morgan fingerprint density at radius 3 is 2.84 bits per heavy atom. The minimum Gasteiger partial charge on any atom is -0.308 e. The van der Waals surface area contributed by atoms with Crippen molar-refractivity contribution in [2.45, 2.75) is 39.7 Å². The number of hydrogen-bond donors (Lipinski definition) is 1. The smallest absolute Gasteiger partial charge is 0.0605 e. The molecule has 0 radical (unpaired) electrons. The third-order valence-corrected chi connectivity index (χ3v) is 3.98. The van der Waals surface area contributed by atoms with Crippen LogP contribution in [0, 0.1) is 13.8 Å². The average Bonchev–Trinajstić information content (AvgIpc) is 2.88. The zero-order chi connectivity index (χ0) is 13.7. The lowest BCUT2D eigenvalue weighted by Gasteiger charge is -2.19. The van der Waals surface area contributed by atoms with Crippen LogP contribution in [0.15, 0.2) is 29.1 Å². The van der Waals surface area contributed by atoms with Crippen molar-refractivity contribution in [3.8, 4) is 0 Å². The molecule has 0 aliphatic heterocycles. The minimum absolute atomic E-state index is 0.315. The largest absolute Gasteiger partial charge is 0.308 e. The van der Waals surface area contributed by atoms with E-state index in [0.717, 1.165) is 19.4 Å². The maximum Gasteiger partial charge on any atom is 0.0605 e. The molecular weight excluding hydrogens is 252 g/mol. The molecule has 0 saturated heterocycles. The molecule has 0 amide bonds. The summed E-state index contributed by atoms with van der Waals surface area (Å²) in [4.78, 5) is 4.65. The van der Waals surface area contributed by atoms with Crippen LogP contribution in [0.1, 0.15) is 41.8 Å². The van der Waals surface area contributed by atoms with Gasteiger partial charge in [-0.05, 0) is 66.8 Å². The van der Waals surface area contributed by atoms with Crippen molar-refractivity contribution in [2.24, 2.45) is 0 Å². The van der Waals surface area contributed by atoms with Crippen molar-refractivity contribution in [1.29, 1.82) is 0 Å². The molecule has 0 bridgehead atoms. The molecule has 0 aliphatic carbocycles. The summed E-state index contributed by atoms with van der Waals surface area (Å²) in [6, 6.07) is 4.74. The maximum absolute atomic E-state index is 4.65. The molecule has 3 heteroatoms. The summed E-state index contributed by atoms with van der Waals surface area (Å²) in [5, 5.41) is 7.99. The Morgan fingerprint density at radius 2 is 2.21 bits per heavy atom. The lowest BCUT2D eigenvalue weighted by molar-refractivity contribution is 0.515. The van der Waals surface area contributed by atoms with Crippen LogP contribution < -0.4 is 5.32 Å². The quantitative estimate of drug-likeness (QED) is 0.860. The van der Waals surface area contributed by atoms with Crippen LogP contribution in [-0.2, 0) is 6.42 Å². The molecule has 102 valence electrons. The van der Waals surface area contributed by atoms with Crippen molar-refractivity contribution in [3.63, 3.8) is 0 Å². The van der Waals surface area contributed by atoms with Crippen LogP contribution in [0.4, 0.5) is 0 Å². The fourth-order valence-electron chi connectivity index (χ4n) is 2.32. The number of pyridine rings is 1. The van der Waals surface area contributed by atoms with Crippen molar-refractivity contribution in [1.82, 2.24) is 10.3 Å². The van der Waals surface area contributed by atoms with Gasteiger partial charge in [-0.15, -0.1) is 0 Å². The lowest BCUT2D eigenvalue weighted by atomic mass is 10.0. The summed E-state index contributed by atoms with van der Waals surface area (Å²) in [5.41, 5.74) is 5.08. The van der Waals surface area contributed by atoms with E-state index < -0.39 is 0 Å². The molecule has 0 fully saturated rings. The molecule has 19 heavy (non-hydrogen) atoms. The van der Waals surface area contributed by atoms with E-state index in [9.17, 15) is 0 Å². The van der Waals surface area contributed by atoms with Gasteiger partial charge in [-0.3, -0.25) is 4.98 Å². The van der Waals surface area contributed by atoms with Gasteiger partial charge in [-0.1, -0.05) is 13.0 Å². The first-order valence-corrected chi connectivity index (χ1v) is 7.82. The molecule has 0 aromatic carbocycles. The van der Waals surface area contributed by atoms with Crippen molar-refractivity contribution in [2.75, 3.05) is 6.54 Å². The molecule has 2 rings (SSSR count). The van der Waals surface area contributed by atoms with E-state index in [1.807, 2.05) is 6.20 Å². The average molecular weight is 274 g/mol. The number of thiophene rings is 1. The van der Waals surface area contributed by atoms with Crippen molar-refractivity contribution < 1.29 is 0 Å². The second-order valence-electron chi connectivity index (χ2n) is 5.06. The number of nitrogens with one attached hydrogen (secondary N) is 1. The normalized spacial score (nSPS) is 12.6. The van der Waals surface area contributed by atoms with Gasteiger partial charge in [0.15, 0.2) is 0 Å². The molecule has 1 N–H and O–H groups in total. The standard InChI is InChI=1S/C16H22N2S/c1-4-6-17-15(9-14-5-7-19-11-14)16-13(3)8-12(2)10-18-16/h5,7-8,10-11,15,17H,4,6,9H2,1-3H3. The molecule has 0 saturated carbocycles. The summed E-state index contributed by atoms with van der Waals surface area (Å²) >= 11 is 1.76. The van der Waals surface area contributed by atoms with E-state index in [1.165, 1.54) is 22.4 Å². The Kier molecular flexibility index (Phi) is 5.11. The SMILES string of the molecule is CCCNC(Cc1ccsc1)c1ncc(C)cc1C. The monoisotopic (exact) mass is 274 g/mol. The summed E-state index contributed by atoms with van der Waals surface area (Å²) in [5.74, 6) is 0. The van der Waals surface area contributed by atoms with Crippen LogP contribution in [0.3, 0.4) is 0 Å². The van der Waals surface area contributed by atoms with E-state index in [1.54, 1.807) is 11.3 Å². The summed E-state index contributed by atoms with van der Waals surface area (Å²) in [6.07, 6.45) is 4.13. The Morgan fingerprint density at radius 1 is 1.37 bits per heavy atom. The van der Waals surface area contributed by atoms with E-state index in [0.29, 0.717) is 6.04 Å². The zero-order valence-corrected chi connectivity index (χ0v) is 12.8. The summed E-state index contributed by atoms with van der Waals surface area (Å²) in [7, 11) is 0. The fourth-order valence-corrected chi connectivity index (χ4v) is 3.00. The molecule has 2 heterocycles. The molecule has 0 aliphatic rings. The molecule has 2 aromatic rings. The highest BCUT2D eigenvalue weighted by atomic mass is 32.1. The van der Waals surface area contributed by atoms with Gasteiger partial charge in [0.2, 0.25) is 0 Å². The van der Waals surface area contributed by atoms with Crippen LogP contribution in [-0.4, -0.2) is 11.5 Å². The molecule has 1 atom stereocenters. The molecule has 0 spiro atoms. The Bertz CT molecular complexity index is 505. The van der Waals surface area contributed by atoms with Crippen LogP contribution in [0.5, 0.6) is 0 Å². The topological polar surface area (TPSA) is 24.9 Å². The van der Waals surface area contributed by atoms with Crippen molar-refractivity contribution in [3.05, 3.63) is 51.5 Å². The first-order valence-electron chi connectivity index (χ1n) is 6.88. The van der Waals surface area contributed by atoms with E-state index in [4.69, 9.17) is 0 Å². The van der Waals surface area contributed by atoms with Gasteiger partial charge in [0.1, 0.15) is 0 Å². The van der Waals surface area contributed by atoms with Gasteiger partial charge in [0.05, 0.1) is 11.7 Å².